The summed E-state index contributed by atoms with van der Waals surface area (Å²) in [6, 6.07) is 6.64. The molecule has 0 aromatic heterocycles. The van der Waals surface area contributed by atoms with Crippen molar-refractivity contribution in [2.24, 2.45) is 5.92 Å². The molecular weight excluding hydrogens is 241 g/mol. The highest BCUT2D eigenvalue weighted by Gasteiger charge is 2.31. The molecule has 1 aromatic rings. The molecule has 88 valence electrons. The van der Waals surface area contributed by atoms with Gasteiger partial charge in [0.05, 0.1) is 10.7 Å². The Morgan fingerprint density at radius 3 is 2.62 bits per heavy atom. The van der Waals surface area contributed by atoms with Crippen LogP contribution in [0.1, 0.15) is 25.3 Å². The first-order chi connectivity index (χ1) is 7.63. The van der Waals surface area contributed by atoms with Gasteiger partial charge in [-0.15, -0.1) is 11.6 Å². The zero-order valence-corrected chi connectivity index (χ0v) is 11.2. The minimum Gasteiger partial charge on any atom is -0.370 e. The number of nitrogens with zero attached hydrogens (tertiary/aromatic N) is 1. The first-order valence-electron chi connectivity index (χ1n) is 5.70. The first-order valence-corrected chi connectivity index (χ1v) is 6.62. The van der Waals surface area contributed by atoms with Crippen molar-refractivity contribution in [3.8, 4) is 0 Å². The summed E-state index contributed by atoms with van der Waals surface area (Å²) in [6.07, 6.45) is 2.70. The van der Waals surface area contributed by atoms with Gasteiger partial charge in [-0.3, -0.25) is 0 Å². The number of alkyl halides is 1. The van der Waals surface area contributed by atoms with E-state index in [1.807, 2.05) is 12.1 Å². The van der Waals surface area contributed by atoms with E-state index in [2.05, 4.69) is 24.9 Å². The molecule has 1 aliphatic rings. The van der Waals surface area contributed by atoms with Gasteiger partial charge in [0.25, 0.3) is 0 Å². The van der Waals surface area contributed by atoms with Crippen molar-refractivity contribution in [2.75, 3.05) is 11.9 Å². The highest BCUT2D eigenvalue weighted by atomic mass is 35.5. The van der Waals surface area contributed by atoms with E-state index in [-0.39, 0.29) is 0 Å². The predicted molar refractivity (Wildman–Crippen MR) is 71.6 cm³/mol. The van der Waals surface area contributed by atoms with Crippen LogP contribution in [0.5, 0.6) is 0 Å². The molecule has 1 saturated carbocycles. The maximum atomic E-state index is 6.27. The van der Waals surface area contributed by atoms with E-state index in [0.717, 1.165) is 22.2 Å². The Bertz CT molecular complexity index is 374. The molecular formula is C13H17Cl2N. The van der Waals surface area contributed by atoms with Gasteiger partial charge in [0, 0.05) is 19.0 Å². The molecule has 1 aliphatic carbocycles. The van der Waals surface area contributed by atoms with Gasteiger partial charge in [-0.1, -0.05) is 17.7 Å². The van der Waals surface area contributed by atoms with E-state index < -0.39 is 0 Å². The van der Waals surface area contributed by atoms with E-state index in [9.17, 15) is 0 Å². The minimum atomic E-state index is 0.516. The molecule has 1 atom stereocenters. The number of anilines is 1. The molecule has 16 heavy (non-hydrogen) atoms. The van der Waals surface area contributed by atoms with Crippen LogP contribution in [-0.4, -0.2) is 13.1 Å². The highest BCUT2D eigenvalue weighted by Crippen LogP contribution is 2.38. The molecule has 1 fully saturated rings. The van der Waals surface area contributed by atoms with E-state index >= 15 is 0 Å². The Balaban J connectivity index is 2.18. The fraction of sp³-hybridized carbons (Fsp3) is 0.538. The first kappa shape index (κ1) is 12.1. The molecule has 0 heterocycles. The molecule has 1 nitrogen and oxygen atoms in total. The molecule has 0 saturated heterocycles. The smallest absolute Gasteiger partial charge is 0.0642 e. The van der Waals surface area contributed by atoms with Crippen molar-refractivity contribution >= 4 is 28.9 Å². The van der Waals surface area contributed by atoms with Crippen LogP contribution in [0.2, 0.25) is 5.02 Å². The number of rotatable bonds is 4. The van der Waals surface area contributed by atoms with Crippen molar-refractivity contribution in [1.82, 2.24) is 0 Å². The fourth-order valence-electron chi connectivity index (χ4n) is 2.03. The Morgan fingerprint density at radius 2 is 2.12 bits per heavy atom. The summed E-state index contributed by atoms with van der Waals surface area (Å²) in [5, 5.41) is 0.799. The van der Waals surface area contributed by atoms with E-state index in [4.69, 9.17) is 23.2 Å². The number of halogens is 2. The summed E-state index contributed by atoms with van der Waals surface area (Å²) in [5.41, 5.74) is 2.18. The summed E-state index contributed by atoms with van der Waals surface area (Å²) in [5.74, 6) is 1.36. The van der Waals surface area contributed by atoms with Crippen LogP contribution >= 0.6 is 23.2 Å². The second-order valence-electron chi connectivity index (χ2n) is 4.61. The molecule has 0 amide bonds. The average Bonchev–Trinajstić information content (AvgIpc) is 3.10. The summed E-state index contributed by atoms with van der Waals surface area (Å²) in [7, 11) is 2.12. The SMILES string of the molecule is CC(C1CC1)N(C)c1ccc(CCl)cc1Cl. The normalized spacial score (nSPS) is 17.2. The number of benzene rings is 1. The minimum absolute atomic E-state index is 0.516. The monoisotopic (exact) mass is 257 g/mol. The molecule has 0 spiro atoms. The molecule has 0 bridgehead atoms. The van der Waals surface area contributed by atoms with Gasteiger partial charge in [-0.25, -0.2) is 0 Å². The lowest BCUT2D eigenvalue weighted by molar-refractivity contribution is 0.609. The molecule has 1 aromatic carbocycles. The Labute approximate surface area is 107 Å². The Hall–Kier alpha value is -0.400. The number of hydrogen-bond donors (Lipinski definition) is 0. The van der Waals surface area contributed by atoms with Crippen molar-refractivity contribution < 1.29 is 0 Å². The van der Waals surface area contributed by atoms with Gasteiger partial charge in [-0.2, -0.15) is 0 Å². The van der Waals surface area contributed by atoms with Gasteiger partial charge in [-0.05, 0) is 43.4 Å². The van der Waals surface area contributed by atoms with E-state index in [1.165, 1.54) is 12.8 Å². The van der Waals surface area contributed by atoms with Crippen LogP contribution < -0.4 is 4.90 Å². The van der Waals surface area contributed by atoms with Crippen LogP contribution in [0.15, 0.2) is 18.2 Å². The second kappa shape index (κ2) is 4.85. The predicted octanol–water partition coefficient (Wildman–Crippen LogP) is 4.31. The third kappa shape index (κ3) is 2.46. The van der Waals surface area contributed by atoms with E-state index in [0.29, 0.717) is 11.9 Å². The summed E-state index contributed by atoms with van der Waals surface area (Å²) in [4.78, 5) is 2.28. The average molecular weight is 258 g/mol. The molecule has 1 unspecified atom stereocenters. The summed E-state index contributed by atoms with van der Waals surface area (Å²) >= 11 is 12.1. The maximum absolute atomic E-state index is 6.27. The molecule has 0 aliphatic heterocycles. The zero-order valence-electron chi connectivity index (χ0n) is 9.71. The summed E-state index contributed by atoms with van der Waals surface area (Å²) in [6.45, 7) is 2.27. The third-order valence-electron chi connectivity index (χ3n) is 3.46. The van der Waals surface area contributed by atoms with Crippen molar-refractivity contribution in [1.29, 1.82) is 0 Å². The van der Waals surface area contributed by atoms with Gasteiger partial charge in [0.2, 0.25) is 0 Å². The van der Waals surface area contributed by atoms with Crippen molar-refractivity contribution in [3.05, 3.63) is 28.8 Å². The maximum Gasteiger partial charge on any atom is 0.0642 e. The lowest BCUT2D eigenvalue weighted by Gasteiger charge is -2.28. The van der Waals surface area contributed by atoms with Crippen molar-refractivity contribution in [2.45, 2.75) is 31.7 Å². The van der Waals surface area contributed by atoms with Crippen LogP contribution in [0.4, 0.5) is 5.69 Å². The third-order valence-corrected chi connectivity index (χ3v) is 4.07. The van der Waals surface area contributed by atoms with Gasteiger partial charge >= 0.3 is 0 Å². The lowest BCUT2D eigenvalue weighted by Crippen LogP contribution is -2.30. The largest absolute Gasteiger partial charge is 0.370 e. The molecule has 0 radical (unpaired) electrons. The topological polar surface area (TPSA) is 3.24 Å². The molecule has 0 N–H and O–H groups in total. The summed E-state index contributed by atoms with van der Waals surface area (Å²) < 4.78 is 0. The Kier molecular flexibility index (Phi) is 3.66. The van der Waals surface area contributed by atoms with Crippen LogP contribution in [-0.2, 0) is 5.88 Å². The lowest BCUT2D eigenvalue weighted by atomic mass is 10.1. The van der Waals surface area contributed by atoms with Crippen molar-refractivity contribution in [3.63, 3.8) is 0 Å². The fourth-order valence-corrected chi connectivity index (χ4v) is 2.54. The highest BCUT2D eigenvalue weighted by molar-refractivity contribution is 6.33. The standard InChI is InChI=1S/C13H17Cl2N/c1-9(11-4-5-11)16(2)13-6-3-10(8-14)7-12(13)15/h3,6-7,9,11H,4-5,8H2,1-2H3. The van der Waals surface area contributed by atoms with Gasteiger partial charge < -0.3 is 4.90 Å². The van der Waals surface area contributed by atoms with Crippen LogP contribution in [0.3, 0.4) is 0 Å². The quantitative estimate of drug-likeness (QED) is 0.727. The van der Waals surface area contributed by atoms with E-state index in [1.54, 1.807) is 0 Å². The van der Waals surface area contributed by atoms with Gasteiger partial charge in [0.1, 0.15) is 0 Å². The zero-order chi connectivity index (χ0) is 11.7. The van der Waals surface area contributed by atoms with Crippen LogP contribution in [0.25, 0.3) is 0 Å². The molecule has 2 rings (SSSR count). The number of hydrogen-bond acceptors (Lipinski definition) is 1. The Morgan fingerprint density at radius 1 is 1.44 bits per heavy atom. The van der Waals surface area contributed by atoms with Crippen LogP contribution in [0, 0.1) is 5.92 Å². The second-order valence-corrected chi connectivity index (χ2v) is 5.28. The molecule has 3 heteroatoms. The van der Waals surface area contributed by atoms with Gasteiger partial charge in [0.15, 0.2) is 0 Å².